The van der Waals surface area contributed by atoms with Gasteiger partial charge in [0.2, 0.25) is 53.4 Å². The smallest absolute Gasteiger partial charge is 0.410 e. The number of hydrogen-bond acceptors (Lipinski definition) is 27. The molecule has 0 saturated carbocycles. The molecule has 18 atom stereocenters. The van der Waals surface area contributed by atoms with Crippen LogP contribution in [-0.4, -0.2) is 209 Å². The van der Waals surface area contributed by atoms with Gasteiger partial charge < -0.3 is 132 Å². The second-order valence-electron chi connectivity index (χ2n) is 28.4. The Morgan fingerprint density at radius 3 is 1.94 bits per heavy atom. The second kappa shape index (κ2) is 34.2. The highest BCUT2D eigenvalue weighted by atomic mass is 35.5. The quantitative estimate of drug-likeness (QED) is 0.0660. The summed E-state index contributed by atoms with van der Waals surface area (Å²) in [4.78, 5) is 135. The highest BCUT2D eigenvalue weighted by molar-refractivity contribution is 6.32. The van der Waals surface area contributed by atoms with Crippen molar-refractivity contribution in [1.29, 1.82) is 0 Å². The number of carboxylic acids is 1. The van der Waals surface area contributed by atoms with E-state index in [1.807, 2.05) is 0 Å². The molecule has 7 aliphatic heterocycles. The number of nitrogens with zero attached hydrogens (tertiary/aromatic N) is 1. The number of nitrogens with two attached hydrogens (primary N) is 2. The molecular formula is C75H83Cl2N9O27. The molecule has 6 aromatic carbocycles. The second-order valence-corrected chi connectivity index (χ2v) is 29.2. The van der Waals surface area contributed by atoms with Gasteiger partial charge in [-0.15, -0.1) is 0 Å². The van der Waals surface area contributed by atoms with Crippen LogP contribution in [0, 0.1) is 5.92 Å². The van der Waals surface area contributed by atoms with Crippen molar-refractivity contribution in [2.24, 2.45) is 17.4 Å². The molecule has 0 aromatic heterocycles. The summed E-state index contributed by atoms with van der Waals surface area (Å²) < 4.78 is 48.9. The van der Waals surface area contributed by atoms with Crippen LogP contribution in [0.4, 0.5) is 4.79 Å². The number of carboxylic acid groups (broad SMARTS) is 1. The Kier molecular flexibility index (Phi) is 25.2. The fraction of sp³-hybridized carbons (Fsp3) is 0.400. The molecule has 2 saturated heterocycles. The molecule has 0 radical (unpaired) electrons. The van der Waals surface area contributed by atoms with Gasteiger partial charge in [0.05, 0.1) is 42.4 Å². The molecule has 3 unspecified atom stereocenters. The van der Waals surface area contributed by atoms with Gasteiger partial charge >= 0.3 is 12.1 Å². The number of ether oxygens (including phenoxy) is 8. The molecule has 13 rings (SSSR count). The summed E-state index contributed by atoms with van der Waals surface area (Å²) in [5.41, 5.74) is 8.51. The highest BCUT2D eigenvalue weighted by Crippen LogP contribution is 2.50. The molecule has 7 heterocycles. The fourth-order valence-corrected chi connectivity index (χ4v) is 14.1. The summed E-state index contributed by atoms with van der Waals surface area (Å²) in [6, 6.07) is 4.87. The van der Waals surface area contributed by atoms with E-state index >= 15 is 24.0 Å². The predicted molar refractivity (Wildman–Crippen MR) is 391 cm³/mol. The lowest BCUT2D eigenvalue weighted by atomic mass is 9.86. The van der Waals surface area contributed by atoms with Crippen molar-refractivity contribution in [3.8, 4) is 62.9 Å². The molecule has 36 nitrogen and oxygen atoms in total. The Hall–Kier alpha value is -10.9. The van der Waals surface area contributed by atoms with Gasteiger partial charge in [-0.1, -0.05) is 67.4 Å². The molecule has 0 spiro atoms. The van der Waals surface area contributed by atoms with Crippen LogP contribution in [0.15, 0.2) is 103 Å². The number of fused-ring (bicyclic) bond motifs is 15. The number of primary amides is 1. The molecule has 8 amide bonds. The van der Waals surface area contributed by atoms with E-state index < -0.39 is 254 Å². The van der Waals surface area contributed by atoms with Crippen LogP contribution in [0.3, 0.4) is 0 Å². The van der Waals surface area contributed by atoms with Gasteiger partial charge in [0.15, 0.2) is 23.8 Å². The Balaban J connectivity index is 1.12. The maximum absolute atomic E-state index is 16.3. The minimum absolute atomic E-state index is 0.0966. The van der Waals surface area contributed by atoms with Crippen molar-refractivity contribution in [3.05, 3.63) is 147 Å². The van der Waals surface area contributed by atoms with Gasteiger partial charge in [0, 0.05) is 41.8 Å². The number of amides is 8. The van der Waals surface area contributed by atoms with E-state index in [0.717, 1.165) is 77.7 Å². The zero-order valence-electron chi connectivity index (χ0n) is 61.0. The number of rotatable bonds is 16. The van der Waals surface area contributed by atoms with Crippen LogP contribution in [0.25, 0.3) is 11.1 Å². The van der Waals surface area contributed by atoms with Crippen LogP contribution in [-0.2, 0) is 63.9 Å². The largest absolute Gasteiger partial charge is 0.508 e. The van der Waals surface area contributed by atoms with E-state index in [0.29, 0.717) is 11.3 Å². The van der Waals surface area contributed by atoms with E-state index in [1.165, 1.54) is 34.1 Å². The molecule has 604 valence electrons. The van der Waals surface area contributed by atoms with Gasteiger partial charge in [-0.3, -0.25) is 38.5 Å². The van der Waals surface area contributed by atoms with Crippen molar-refractivity contribution in [2.45, 2.75) is 163 Å². The SMILES string of the molecule is COc1ccc(COC(=O)N(C)[C@H](CC(C)C)C(=O)N[C@H]2C(=O)N[C@@H](CC(N)=O)C(=O)N[C@H]3C(=O)N[C@H]4C(=O)NC(C(=O)N[C@@H](C(=O)O)c5cc(O)cc(O)c5-c5cc4ccc5O)C(O[C@H]4C[C@](C)(N)[C@@H](O)[C@H](C)O4)c4ccc(c(Cl)c4)Oc4cc3cc(c4OC3O[C@H](CO)[C@@H](O)[C@H](O)[C@H]3O)Oc3ccc(cc3Cl)[C@H]2O)cc1. The molecule has 11 bridgehead atoms. The number of benzene rings is 6. The van der Waals surface area contributed by atoms with E-state index in [4.69, 9.17) is 72.6 Å². The molecular weight excluding hydrogens is 1530 g/mol. The molecule has 7 aliphatic rings. The van der Waals surface area contributed by atoms with Gasteiger partial charge in [0.25, 0.3) is 0 Å². The van der Waals surface area contributed by atoms with Crippen molar-refractivity contribution < 1.29 is 132 Å². The number of halogens is 2. The van der Waals surface area contributed by atoms with Crippen LogP contribution in [0.1, 0.15) is 111 Å². The maximum atomic E-state index is 16.3. The van der Waals surface area contributed by atoms with Gasteiger partial charge in [-0.25, -0.2) is 9.59 Å². The molecule has 20 N–H and O–H groups in total. The van der Waals surface area contributed by atoms with E-state index in [1.54, 1.807) is 38.1 Å². The minimum Gasteiger partial charge on any atom is -0.508 e. The van der Waals surface area contributed by atoms with Gasteiger partial charge in [0.1, 0.15) is 114 Å². The summed E-state index contributed by atoms with van der Waals surface area (Å²) in [5.74, 6) is -16.6. The number of aromatic hydroxyl groups is 3. The van der Waals surface area contributed by atoms with Crippen LogP contribution < -0.4 is 62.3 Å². The lowest BCUT2D eigenvalue weighted by Gasteiger charge is -2.44. The maximum Gasteiger partial charge on any atom is 0.410 e. The van der Waals surface area contributed by atoms with E-state index in [2.05, 4.69) is 31.9 Å². The zero-order chi connectivity index (χ0) is 82.1. The fourth-order valence-electron chi connectivity index (χ4n) is 13.6. The number of nitrogens with one attached hydrogen (secondary N) is 6. The Labute approximate surface area is 653 Å². The number of carbonyl (C=O) groups excluding carboxylic acids is 8. The Bertz CT molecular complexity index is 4670. The standard InChI is InChI=1S/C75H83Cl2N9O27/c1-29(2)17-43(86(5)74(105)107-28-31-7-12-37(106-6)13-8-31)67(98)84-57-59(92)33-10-15-46(40(76)19-33)109-48-21-35-22-49(64(48)113-73-62(95)61(94)60(93)50(27-87)111-73)110-47-16-11-34(20-41(47)77)63(112-52-26-75(4,79)65(96)30(3)108-52)58-71(102)83-56(72(103)104)39-23-36(88)24-45(90)53(39)38-18-32(9-14-44(38)89)54(68(99)85-58)82-69(100)55(35)81-66(97)42(25-51(78)91)80-70(57)101/h7-16,18-24,29-30,42-43,50,52,54-63,65,73,87-90,92-96H,17,25-28,79H2,1-6H3,(H2,78,91)(H,80,101)(H,81,97)(H,82,100)(H,83,102)(H,84,98)(H,85,99)(H,103,104)/t30-,42-,43+,50+,52-,54+,55+,56+,57+,58?,59+,60+,61-,62+,63?,65-,73?,75-/m0/s1. The monoisotopic (exact) mass is 1610 g/mol. The first-order chi connectivity index (χ1) is 53.4. The average Bonchev–Trinajstić information content (AvgIpc) is 0.768. The lowest BCUT2D eigenvalue weighted by Crippen LogP contribution is -2.61. The average molecular weight is 1610 g/mol. The number of phenolic OH excluding ortho intramolecular Hbond substituents is 3. The third-order valence-electron chi connectivity index (χ3n) is 19.7. The summed E-state index contributed by atoms with van der Waals surface area (Å²) in [5, 5.41) is 127. The van der Waals surface area contributed by atoms with Gasteiger partial charge in [-0.05, 0) is 121 Å². The number of aliphatic hydroxyl groups is 6. The third kappa shape index (κ3) is 18.1. The number of methoxy groups -OCH3 is 1. The summed E-state index contributed by atoms with van der Waals surface area (Å²) >= 11 is 14.3. The van der Waals surface area contributed by atoms with Crippen molar-refractivity contribution in [2.75, 3.05) is 20.8 Å². The van der Waals surface area contributed by atoms with Crippen molar-refractivity contribution in [1.82, 2.24) is 36.8 Å². The normalized spacial score (nSPS) is 27.4. The first-order valence-electron chi connectivity index (χ1n) is 35.2. The van der Waals surface area contributed by atoms with Crippen LogP contribution in [0.2, 0.25) is 10.0 Å². The first kappa shape index (κ1) is 83.1. The van der Waals surface area contributed by atoms with E-state index in [9.17, 15) is 70.2 Å². The number of aliphatic carboxylic acids is 1. The predicted octanol–water partition coefficient (Wildman–Crippen LogP) is 2.16. The van der Waals surface area contributed by atoms with Crippen LogP contribution >= 0.6 is 23.2 Å². The lowest BCUT2D eigenvalue weighted by molar-refractivity contribution is -0.277. The number of carbonyl (C=O) groups is 9. The Morgan fingerprint density at radius 2 is 1.33 bits per heavy atom. The van der Waals surface area contributed by atoms with Gasteiger partial charge in [-0.2, -0.15) is 0 Å². The number of phenols is 3. The van der Waals surface area contributed by atoms with Crippen LogP contribution in [0.5, 0.6) is 51.7 Å². The van der Waals surface area contributed by atoms with Crippen molar-refractivity contribution in [3.63, 3.8) is 0 Å². The highest BCUT2D eigenvalue weighted by Gasteiger charge is 2.49. The molecule has 113 heavy (non-hydrogen) atoms. The molecule has 2 fully saturated rings. The number of aliphatic hydroxyl groups excluding tert-OH is 6. The molecule has 38 heteroatoms. The van der Waals surface area contributed by atoms with E-state index in [-0.39, 0.29) is 42.1 Å². The number of likely N-dealkylation sites (N-methyl/N-ethyl adjacent to an activating group) is 1. The Morgan fingerprint density at radius 1 is 0.708 bits per heavy atom. The minimum atomic E-state index is -2.41. The number of hydrogen-bond donors (Lipinski definition) is 18. The zero-order valence-corrected chi connectivity index (χ0v) is 62.5. The topological polar surface area (TPSA) is 557 Å². The third-order valence-corrected chi connectivity index (χ3v) is 20.3. The molecule has 0 aliphatic carbocycles. The summed E-state index contributed by atoms with van der Waals surface area (Å²) in [7, 11) is 2.71. The van der Waals surface area contributed by atoms with Crippen molar-refractivity contribution >= 4 is 76.6 Å². The first-order valence-corrected chi connectivity index (χ1v) is 36.0. The molecule has 6 aromatic rings. The summed E-state index contributed by atoms with van der Waals surface area (Å²) in [6.45, 7) is 5.09. The summed E-state index contributed by atoms with van der Waals surface area (Å²) in [6.07, 6.45) is -20.8.